The Kier molecular flexibility index (Phi) is 3.63. The van der Waals surface area contributed by atoms with Crippen LogP contribution in [0.3, 0.4) is 0 Å². The van der Waals surface area contributed by atoms with Gasteiger partial charge in [-0.1, -0.05) is 6.07 Å². The van der Waals surface area contributed by atoms with E-state index in [4.69, 9.17) is 15.2 Å². The topological polar surface area (TPSA) is 57.4 Å². The van der Waals surface area contributed by atoms with Gasteiger partial charge in [-0.3, -0.25) is 4.98 Å². The van der Waals surface area contributed by atoms with Crippen molar-refractivity contribution in [2.24, 2.45) is 5.73 Å². The average Bonchev–Trinajstić information content (AvgIpc) is 2.46. The zero-order valence-electron chi connectivity index (χ0n) is 11.0. The Hall–Kier alpha value is -1.59. The van der Waals surface area contributed by atoms with Gasteiger partial charge >= 0.3 is 0 Å². The van der Waals surface area contributed by atoms with Crippen molar-refractivity contribution in [3.8, 4) is 11.5 Å². The number of fused-ring (bicyclic) bond motifs is 1. The second-order valence-electron chi connectivity index (χ2n) is 4.79. The molecule has 0 saturated carbocycles. The van der Waals surface area contributed by atoms with Crippen molar-refractivity contribution < 1.29 is 9.47 Å². The molecule has 4 nitrogen and oxygen atoms in total. The van der Waals surface area contributed by atoms with Gasteiger partial charge in [-0.25, -0.2) is 0 Å². The third-order valence-electron chi connectivity index (χ3n) is 3.46. The fraction of sp³-hybridized carbons (Fsp3) is 0.267. The summed E-state index contributed by atoms with van der Waals surface area (Å²) < 4.78 is 12.2. The van der Waals surface area contributed by atoms with E-state index in [1.807, 2.05) is 30.5 Å². The van der Waals surface area contributed by atoms with Crippen molar-refractivity contribution in [1.82, 2.24) is 4.98 Å². The van der Waals surface area contributed by atoms with Crippen LogP contribution >= 0.6 is 15.9 Å². The summed E-state index contributed by atoms with van der Waals surface area (Å²) in [7, 11) is 1.64. The minimum atomic E-state index is -0.0883. The lowest BCUT2D eigenvalue weighted by molar-refractivity contribution is 0.160. The first-order valence-electron chi connectivity index (χ1n) is 6.38. The van der Waals surface area contributed by atoms with Crippen molar-refractivity contribution in [1.29, 1.82) is 0 Å². The Labute approximate surface area is 126 Å². The third kappa shape index (κ3) is 2.51. The molecule has 0 bridgehead atoms. The molecule has 0 fully saturated rings. The Balaban J connectivity index is 1.95. The van der Waals surface area contributed by atoms with E-state index in [1.165, 1.54) is 0 Å². The number of pyridine rings is 1. The van der Waals surface area contributed by atoms with Crippen LogP contribution in [0.25, 0.3) is 0 Å². The maximum atomic E-state index is 6.25. The maximum Gasteiger partial charge on any atom is 0.128 e. The van der Waals surface area contributed by atoms with Gasteiger partial charge in [-0.2, -0.15) is 0 Å². The van der Waals surface area contributed by atoms with Gasteiger partial charge in [0, 0.05) is 46.5 Å². The normalized spacial score (nSPS) is 20.9. The van der Waals surface area contributed by atoms with Gasteiger partial charge in [0.15, 0.2) is 0 Å². The molecular formula is C15H15BrN2O2. The quantitative estimate of drug-likeness (QED) is 0.914. The predicted molar refractivity (Wildman–Crippen MR) is 79.8 cm³/mol. The second kappa shape index (κ2) is 5.42. The highest BCUT2D eigenvalue weighted by molar-refractivity contribution is 9.10. The Bertz CT molecular complexity index is 633. The van der Waals surface area contributed by atoms with Gasteiger partial charge in [0.05, 0.1) is 7.11 Å². The molecule has 104 valence electrons. The van der Waals surface area contributed by atoms with Crippen molar-refractivity contribution in [3.63, 3.8) is 0 Å². The molecule has 5 heteroatoms. The molecule has 1 unspecified atom stereocenters. The first-order valence-corrected chi connectivity index (χ1v) is 7.17. The van der Waals surface area contributed by atoms with E-state index in [1.54, 1.807) is 13.3 Å². The summed E-state index contributed by atoms with van der Waals surface area (Å²) in [5.74, 6) is 1.55. The number of halogens is 1. The van der Waals surface area contributed by atoms with E-state index >= 15 is 0 Å². The molecule has 3 rings (SSSR count). The van der Waals surface area contributed by atoms with Gasteiger partial charge in [0.2, 0.25) is 0 Å². The number of benzene rings is 1. The fourth-order valence-electron chi connectivity index (χ4n) is 2.42. The SMILES string of the molecule is COc1ccc2c(c1)OC(c1cncc(Br)c1)C[C@H]2N. The van der Waals surface area contributed by atoms with Crippen molar-refractivity contribution in [2.45, 2.75) is 18.6 Å². The minimum absolute atomic E-state index is 0.0476. The van der Waals surface area contributed by atoms with Crippen LogP contribution in [0, 0.1) is 0 Å². The molecule has 2 atom stereocenters. The Morgan fingerprint density at radius 1 is 1.35 bits per heavy atom. The van der Waals surface area contributed by atoms with E-state index in [9.17, 15) is 0 Å². The summed E-state index contributed by atoms with van der Waals surface area (Å²) in [6, 6.07) is 7.72. The lowest BCUT2D eigenvalue weighted by atomic mass is 9.94. The summed E-state index contributed by atoms with van der Waals surface area (Å²) in [6.45, 7) is 0. The van der Waals surface area contributed by atoms with Crippen molar-refractivity contribution in [2.75, 3.05) is 7.11 Å². The average molecular weight is 335 g/mol. The van der Waals surface area contributed by atoms with E-state index < -0.39 is 0 Å². The number of ether oxygens (including phenoxy) is 2. The van der Waals surface area contributed by atoms with Gasteiger partial charge in [-0.15, -0.1) is 0 Å². The first-order chi connectivity index (χ1) is 9.67. The summed E-state index contributed by atoms with van der Waals surface area (Å²) >= 11 is 3.43. The highest BCUT2D eigenvalue weighted by atomic mass is 79.9. The van der Waals surface area contributed by atoms with Crippen molar-refractivity contribution in [3.05, 3.63) is 52.3 Å². The number of rotatable bonds is 2. The zero-order chi connectivity index (χ0) is 14.1. The molecule has 1 aliphatic heterocycles. The monoisotopic (exact) mass is 334 g/mol. The van der Waals surface area contributed by atoms with Crippen LogP contribution in [-0.2, 0) is 0 Å². The molecule has 0 amide bonds. The number of aromatic nitrogens is 1. The van der Waals surface area contributed by atoms with Gasteiger partial charge in [0.25, 0.3) is 0 Å². The third-order valence-corrected chi connectivity index (χ3v) is 3.89. The van der Waals surface area contributed by atoms with Gasteiger partial charge in [0.1, 0.15) is 17.6 Å². The molecule has 1 aliphatic rings. The lowest BCUT2D eigenvalue weighted by Crippen LogP contribution is -2.24. The van der Waals surface area contributed by atoms with Crippen LogP contribution in [0.1, 0.15) is 29.7 Å². The fourth-order valence-corrected chi connectivity index (χ4v) is 2.80. The summed E-state index contributed by atoms with van der Waals surface area (Å²) in [6.07, 6.45) is 4.21. The number of nitrogens with zero attached hydrogens (tertiary/aromatic N) is 1. The highest BCUT2D eigenvalue weighted by Gasteiger charge is 2.27. The number of hydrogen-bond donors (Lipinski definition) is 1. The molecule has 0 spiro atoms. The van der Waals surface area contributed by atoms with Crippen LogP contribution in [0.2, 0.25) is 0 Å². The van der Waals surface area contributed by atoms with Crippen LogP contribution in [0.4, 0.5) is 0 Å². The lowest BCUT2D eigenvalue weighted by Gasteiger charge is -2.30. The van der Waals surface area contributed by atoms with Gasteiger partial charge in [-0.05, 0) is 28.1 Å². The van der Waals surface area contributed by atoms with Crippen LogP contribution in [0.5, 0.6) is 11.5 Å². The number of methoxy groups -OCH3 is 1. The standard InChI is InChI=1S/C15H15BrN2O2/c1-19-11-2-3-12-13(17)6-14(20-15(12)5-11)9-4-10(16)8-18-7-9/h2-5,7-8,13-14H,6,17H2,1H3/t13-,14?/m1/s1. The minimum Gasteiger partial charge on any atom is -0.497 e. The molecule has 0 radical (unpaired) electrons. The Morgan fingerprint density at radius 2 is 2.20 bits per heavy atom. The smallest absolute Gasteiger partial charge is 0.128 e. The molecular weight excluding hydrogens is 320 g/mol. The van der Waals surface area contributed by atoms with E-state index in [0.29, 0.717) is 0 Å². The van der Waals surface area contributed by atoms with E-state index in [0.717, 1.165) is 33.5 Å². The molecule has 2 heterocycles. The van der Waals surface area contributed by atoms with E-state index in [2.05, 4.69) is 20.9 Å². The zero-order valence-corrected chi connectivity index (χ0v) is 12.6. The summed E-state index contributed by atoms with van der Waals surface area (Å²) in [5, 5.41) is 0. The van der Waals surface area contributed by atoms with Crippen LogP contribution in [0.15, 0.2) is 41.1 Å². The summed E-state index contributed by atoms with van der Waals surface area (Å²) in [5.41, 5.74) is 8.29. The predicted octanol–water partition coefficient (Wildman–Crippen LogP) is 3.38. The molecule has 0 aliphatic carbocycles. The van der Waals surface area contributed by atoms with Crippen molar-refractivity contribution >= 4 is 15.9 Å². The largest absolute Gasteiger partial charge is 0.497 e. The van der Waals surface area contributed by atoms with Gasteiger partial charge < -0.3 is 15.2 Å². The molecule has 2 N–H and O–H groups in total. The molecule has 2 aromatic rings. The maximum absolute atomic E-state index is 6.25. The van der Waals surface area contributed by atoms with Crippen LogP contribution in [-0.4, -0.2) is 12.1 Å². The summed E-state index contributed by atoms with van der Waals surface area (Å²) in [4.78, 5) is 4.18. The molecule has 1 aromatic carbocycles. The molecule has 0 saturated heterocycles. The van der Waals surface area contributed by atoms with Crippen LogP contribution < -0.4 is 15.2 Å². The molecule has 1 aromatic heterocycles. The van der Waals surface area contributed by atoms with E-state index in [-0.39, 0.29) is 12.1 Å². The number of hydrogen-bond acceptors (Lipinski definition) is 4. The molecule has 20 heavy (non-hydrogen) atoms. The number of nitrogens with two attached hydrogens (primary N) is 1. The highest BCUT2D eigenvalue weighted by Crippen LogP contribution is 2.41. The Morgan fingerprint density at radius 3 is 2.95 bits per heavy atom. The second-order valence-corrected chi connectivity index (χ2v) is 5.70. The first kappa shape index (κ1) is 13.4.